The molecule has 152 valence electrons. The summed E-state index contributed by atoms with van der Waals surface area (Å²) in [5.74, 6) is 4.11. The molecular formula is C27H38S. The van der Waals surface area contributed by atoms with Crippen molar-refractivity contribution in [3.8, 4) is 11.1 Å². The molecule has 0 amide bonds. The maximum Gasteiger partial charge on any atom is 0.0170 e. The maximum absolute atomic E-state index is 2.67. The van der Waals surface area contributed by atoms with Gasteiger partial charge in [-0.05, 0) is 76.0 Å². The van der Waals surface area contributed by atoms with Crippen molar-refractivity contribution in [3.05, 3.63) is 59.7 Å². The zero-order valence-corrected chi connectivity index (χ0v) is 19.6. The molecule has 6 unspecified atom stereocenters. The fraction of sp³-hybridized carbons (Fsp3) is 0.556. The van der Waals surface area contributed by atoms with Gasteiger partial charge in [0.1, 0.15) is 0 Å². The third kappa shape index (κ3) is 2.96. The van der Waals surface area contributed by atoms with E-state index < -0.39 is 10.0 Å². The molecule has 0 N–H and O–H groups in total. The summed E-state index contributed by atoms with van der Waals surface area (Å²) in [6.45, 7) is 12.6. The molecule has 0 radical (unpaired) electrons. The van der Waals surface area contributed by atoms with E-state index in [2.05, 4.69) is 95.7 Å². The molecule has 28 heavy (non-hydrogen) atoms. The zero-order chi connectivity index (χ0) is 20.2. The average molecular weight is 395 g/mol. The molecule has 1 heteroatoms. The number of hydrogen-bond acceptors (Lipinski definition) is 0. The first-order chi connectivity index (χ1) is 13.2. The van der Waals surface area contributed by atoms with E-state index in [4.69, 9.17) is 0 Å². The zero-order valence-electron chi connectivity index (χ0n) is 18.8. The van der Waals surface area contributed by atoms with Crippen LogP contribution >= 0.6 is 10.0 Å². The average Bonchev–Trinajstić information content (AvgIpc) is 3.12. The second-order valence-corrected chi connectivity index (χ2v) is 14.3. The standard InChI is InChI=1S/C27H38S/c1-17-16-25-23(22-12-9-8-10-13-22)14-11-15-24(25)26(17)28(6,7)27-20(4)18(2)19(3)21(27)5/h8-15,17-21,26-27H,16H2,1-7H3. The van der Waals surface area contributed by atoms with Gasteiger partial charge in [-0.15, -0.1) is 0 Å². The van der Waals surface area contributed by atoms with Crippen molar-refractivity contribution >= 4 is 10.0 Å². The third-order valence-corrected chi connectivity index (χ3v) is 12.8. The van der Waals surface area contributed by atoms with Gasteiger partial charge in [0, 0.05) is 5.25 Å². The van der Waals surface area contributed by atoms with E-state index in [-0.39, 0.29) is 0 Å². The van der Waals surface area contributed by atoms with Crippen molar-refractivity contribution < 1.29 is 0 Å². The lowest BCUT2D eigenvalue weighted by molar-refractivity contribution is 0.352. The van der Waals surface area contributed by atoms with Crippen LogP contribution in [0.4, 0.5) is 0 Å². The van der Waals surface area contributed by atoms with Crippen molar-refractivity contribution in [2.24, 2.45) is 29.6 Å². The molecule has 1 saturated carbocycles. The van der Waals surface area contributed by atoms with E-state index in [0.29, 0.717) is 0 Å². The van der Waals surface area contributed by atoms with Crippen molar-refractivity contribution in [2.75, 3.05) is 12.5 Å². The lowest BCUT2D eigenvalue weighted by Crippen LogP contribution is -2.31. The number of fused-ring (bicyclic) bond motifs is 1. The lowest BCUT2D eigenvalue weighted by atomic mass is 9.92. The molecule has 1 fully saturated rings. The normalized spacial score (nSPS) is 35.8. The van der Waals surface area contributed by atoms with Gasteiger partial charge in [-0.25, -0.2) is 10.0 Å². The van der Waals surface area contributed by atoms with Crippen LogP contribution in [0.1, 0.15) is 51.0 Å². The highest BCUT2D eigenvalue weighted by Crippen LogP contribution is 2.70. The van der Waals surface area contributed by atoms with Gasteiger partial charge in [0.2, 0.25) is 0 Å². The van der Waals surface area contributed by atoms with E-state index in [1.54, 1.807) is 11.1 Å². The largest absolute Gasteiger partial charge is 0.236 e. The molecule has 0 saturated heterocycles. The molecule has 2 aromatic rings. The van der Waals surface area contributed by atoms with Crippen molar-refractivity contribution in [3.63, 3.8) is 0 Å². The van der Waals surface area contributed by atoms with Crippen molar-refractivity contribution in [2.45, 2.75) is 51.5 Å². The Labute approximate surface area is 174 Å². The minimum absolute atomic E-state index is 0.735. The Bertz CT molecular complexity index is 823. The predicted octanol–water partition coefficient (Wildman–Crippen LogP) is 7.58. The Hall–Kier alpha value is -1.21. The van der Waals surface area contributed by atoms with Gasteiger partial charge in [-0.1, -0.05) is 83.1 Å². The summed E-state index contributed by atoms with van der Waals surface area (Å²) in [5, 5.41) is 1.61. The summed E-state index contributed by atoms with van der Waals surface area (Å²) < 4.78 is 0. The quantitative estimate of drug-likeness (QED) is 0.503. The molecule has 0 aliphatic heterocycles. The summed E-state index contributed by atoms with van der Waals surface area (Å²) >= 11 is 0. The molecular weight excluding hydrogens is 356 g/mol. The van der Waals surface area contributed by atoms with E-state index in [1.807, 2.05) is 0 Å². The molecule has 2 aliphatic rings. The van der Waals surface area contributed by atoms with Crippen LogP contribution in [0.5, 0.6) is 0 Å². The molecule has 2 aromatic carbocycles. The number of hydrogen-bond donors (Lipinski definition) is 0. The highest BCUT2D eigenvalue weighted by atomic mass is 32.3. The molecule has 6 atom stereocenters. The van der Waals surface area contributed by atoms with E-state index in [1.165, 1.54) is 17.5 Å². The molecule has 0 heterocycles. The van der Waals surface area contributed by atoms with Crippen LogP contribution in [-0.4, -0.2) is 17.8 Å². The van der Waals surface area contributed by atoms with E-state index in [0.717, 1.165) is 40.1 Å². The topological polar surface area (TPSA) is 0 Å². The van der Waals surface area contributed by atoms with Crippen molar-refractivity contribution in [1.82, 2.24) is 0 Å². The second-order valence-electron chi connectivity index (χ2n) is 10.2. The third-order valence-electron chi connectivity index (χ3n) is 8.53. The van der Waals surface area contributed by atoms with Gasteiger partial charge in [-0.3, -0.25) is 0 Å². The van der Waals surface area contributed by atoms with Gasteiger partial charge in [0.15, 0.2) is 0 Å². The predicted molar refractivity (Wildman–Crippen MR) is 127 cm³/mol. The van der Waals surface area contributed by atoms with Gasteiger partial charge in [0.05, 0.1) is 0 Å². The molecule has 4 rings (SSSR count). The Morgan fingerprint density at radius 3 is 1.93 bits per heavy atom. The molecule has 0 aromatic heterocycles. The van der Waals surface area contributed by atoms with E-state index >= 15 is 0 Å². The number of benzene rings is 2. The smallest absolute Gasteiger partial charge is 0.0170 e. The summed E-state index contributed by atoms with van der Waals surface area (Å²) in [6.07, 6.45) is 6.57. The summed E-state index contributed by atoms with van der Waals surface area (Å²) in [6, 6.07) is 18.1. The van der Waals surface area contributed by atoms with Gasteiger partial charge >= 0.3 is 0 Å². The fourth-order valence-electron chi connectivity index (χ4n) is 6.96. The molecule has 2 aliphatic carbocycles. The SMILES string of the molecule is CC1Cc2c(-c3ccccc3)cccc2C1S(C)(C)C1C(C)C(C)C(C)C1C. The van der Waals surface area contributed by atoms with Crippen LogP contribution in [-0.2, 0) is 6.42 Å². The molecule has 0 nitrogen and oxygen atoms in total. The maximum atomic E-state index is 2.67. The van der Waals surface area contributed by atoms with Crippen LogP contribution in [0.3, 0.4) is 0 Å². The Morgan fingerprint density at radius 2 is 1.32 bits per heavy atom. The van der Waals surface area contributed by atoms with Crippen molar-refractivity contribution in [1.29, 1.82) is 0 Å². The summed E-state index contributed by atoms with van der Waals surface area (Å²) in [4.78, 5) is 0. The number of rotatable bonds is 3. The van der Waals surface area contributed by atoms with Crippen LogP contribution in [0, 0.1) is 29.6 Å². The highest BCUT2D eigenvalue weighted by Gasteiger charge is 2.51. The van der Waals surface area contributed by atoms with Crippen LogP contribution in [0.2, 0.25) is 0 Å². The van der Waals surface area contributed by atoms with Gasteiger partial charge < -0.3 is 0 Å². The first-order valence-corrected chi connectivity index (χ1v) is 13.7. The van der Waals surface area contributed by atoms with E-state index in [9.17, 15) is 0 Å². The summed E-state index contributed by atoms with van der Waals surface area (Å²) in [5.41, 5.74) is 6.15. The highest BCUT2D eigenvalue weighted by molar-refractivity contribution is 8.33. The van der Waals surface area contributed by atoms with Gasteiger partial charge in [0.25, 0.3) is 0 Å². The van der Waals surface area contributed by atoms with Gasteiger partial charge in [-0.2, -0.15) is 0 Å². The second kappa shape index (κ2) is 7.24. The first-order valence-electron chi connectivity index (χ1n) is 11.1. The Kier molecular flexibility index (Phi) is 5.19. The Balaban J connectivity index is 1.77. The fourth-order valence-corrected chi connectivity index (χ4v) is 12.2. The van der Waals surface area contributed by atoms with Crippen LogP contribution in [0.25, 0.3) is 11.1 Å². The van der Waals surface area contributed by atoms with Crippen LogP contribution in [0.15, 0.2) is 48.5 Å². The molecule has 0 bridgehead atoms. The minimum atomic E-state index is -0.764. The molecule has 0 spiro atoms. The first kappa shape index (κ1) is 20.1. The minimum Gasteiger partial charge on any atom is -0.236 e. The van der Waals surface area contributed by atoms with Crippen LogP contribution < -0.4 is 0 Å². The summed E-state index contributed by atoms with van der Waals surface area (Å²) in [7, 11) is -0.764. The monoisotopic (exact) mass is 394 g/mol. The lowest BCUT2D eigenvalue weighted by Gasteiger charge is -2.50. The Morgan fingerprint density at radius 1 is 0.714 bits per heavy atom.